The van der Waals surface area contributed by atoms with E-state index in [1.54, 1.807) is 0 Å². The Morgan fingerprint density at radius 1 is 0.679 bits per heavy atom. The second-order valence-electron chi connectivity index (χ2n) is 8.02. The van der Waals surface area contributed by atoms with Crippen LogP contribution in [0.15, 0.2) is 59.7 Å². The zero-order valence-corrected chi connectivity index (χ0v) is 16.4. The Morgan fingerprint density at radius 2 is 1.04 bits per heavy atom. The summed E-state index contributed by atoms with van der Waals surface area (Å²) in [6.07, 6.45) is 0. The minimum Gasteiger partial charge on any atom is -0.362 e. The third-order valence-corrected chi connectivity index (χ3v) is 7.31. The summed E-state index contributed by atoms with van der Waals surface area (Å²) in [4.78, 5) is 4.57. The van der Waals surface area contributed by atoms with Crippen LogP contribution in [0.4, 0.5) is 11.4 Å². The summed E-state index contributed by atoms with van der Waals surface area (Å²) < 4.78 is 0. The van der Waals surface area contributed by atoms with Crippen LogP contribution in [0.25, 0.3) is 11.1 Å². The van der Waals surface area contributed by atoms with E-state index in [4.69, 9.17) is 0 Å². The van der Waals surface area contributed by atoms with Gasteiger partial charge in [0.05, 0.1) is 22.2 Å². The molecule has 0 N–H and O–H groups in total. The molecule has 0 amide bonds. The molecule has 0 spiro atoms. The lowest BCUT2D eigenvalue weighted by molar-refractivity contribution is 0.393. The summed E-state index contributed by atoms with van der Waals surface area (Å²) in [6.45, 7) is 4.41. The quantitative estimate of drug-likeness (QED) is 0.696. The maximum atomic E-state index is 10.2. The molecular weight excluding hydrogens is 344 g/mol. The molecule has 5 rings (SSSR count). The number of fused-ring (bicyclic) bond motifs is 7. The van der Waals surface area contributed by atoms with Gasteiger partial charge >= 0.3 is 0 Å². The molecule has 0 radical (unpaired) electrons. The van der Waals surface area contributed by atoms with Crippen molar-refractivity contribution >= 4 is 22.5 Å². The van der Waals surface area contributed by atoms with Gasteiger partial charge in [-0.2, -0.15) is 10.5 Å². The van der Waals surface area contributed by atoms with E-state index < -0.39 is 11.1 Å². The van der Waals surface area contributed by atoms with Gasteiger partial charge in [-0.3, -0.25) is 0 Å². The Hall–Kier alpha value is -3.50. The van der Waals surface area contributed by atoms with E-state index in [9.17, 15) is 10.5 Å². The van der Waals surface area contributed by atoms with Crippen LogP contribution in [0.3, 0.4) is 0 Å². The van der Waals surface area contributed by atoms with Gasteiger partial charge in [0.2, 0.25) is 0 Å². The predicted molar refractivity (Wildman–Crippen MR) is 112 cm³/mol. The lowest BCUT2D eigenvalue weighted by atomic mass is 9.62. The Bertz CT molecular complexity index is 1110. The zero-order chi connectivity index (χ0) is 19.8. The molecule has 2 unspecified atom stereocenters. The molecule has 0 saturated heterocycles. The Kier molecular flexibility index (Phi) is 3.01. The number of hydrogen-bond acceptors (Lipinski definition) is 4. The minimum atomic E-state index is -0.495. The fourth-order valence-electron chi connectivity index (χ4n) is 5.67. The average Bonchev–Trinajstić information content (AvgIpc) is 3.10. The number of para-hydroxylation sites is 2. The smallest absolute Gasteiger partial charge is 0.101 e. The van der Waals surface area contributed by atoms with Crippen LogP contribution in [0.2, 0.25) is 0 Å². The molecule has 0 bridgehead atoms. The monoisotopic (exact) mass is 364 g/mol. The Labute approximate surface area is 165 Å². The van der Waals surface area contributed by atoms with Crippen LogP contribution in [-0.4, -0.2) is 25.2 Å². The van der Waals surface area contributed by atoms with E-state index in [1.165, 1.54) is 0 Å². The molecule has 28 heavy (non-hydrogen) atoms. The molecule has 0 aromatic heterocycles. The highest BCUT2D eigenvalue weighted by atomic mass is 15.3. The second kappa shape index (κ2) is 5.06. The lowest BCUT2D eigenvalue weighted by Gasteiger charge is -2.54. The van der Waals surface area contributed by atoms with Crippen molar-refractivity contribution in [1.82, 2.24) is 0 Å². The van der Waals surface area contributed by atoms with E-state index >= 15 is 0 Å². The number of allylic oxidation sites excluding steroid dienone is 2. The minimum absolute atomic E-state index is 0.495. The maximum absolute atomic E-state index is 10.2. The molecule has 4 heteroatoms. The topological polar surface area (TPSA) is 54.1 Å². The highest BCUT2D eigenvalue weighted by Crippen LogP contribution is 2.64. The molecule has 0 fully saturated rings. The molecule has 0 saturated carbocycles. The van der Waals surface area contributed by atoms with E-state index in [0.29, 0.717) is 11.1 Å². The van der Waals surface area contributed by atoms with E-state index in [2.05, 4.69) is 74.1 Å². The Morgan fingerprint density at radius 3 is 1.39 bits per heavy atom. The van der Waals surface area contributed by atoms with Crippen molar-refractivity contribution in [2.75, 3.05) is 23.9 Å². The lowest BCUT2D eigenvalue weighted by Crippen LogP contribution is -2.66. The number of rotatable bonds is 0. The van der Waals surface area contributed by atoms with Crippen molar-refractivity contribution in [3.63, 3.8) is 0 Å². The van der Waals surface area contributed by atoms with Crippen LogP contribution in [-0.2, 0) is 0 Å². The number of anilines is 2. The fraction of sp³-hybridized carbons (Fsp3) is 0.250. The summed E-state index contributed by atoms with van der Waals surface area (Å²) >= 11 is 0. The molecule has 2 atom stereocenters. The maximum Gasteiger partial charge on any atom is 0.101 e. The van der Waals surface area contributed by atoms with Crippen LogP contribution in [0.1, 0.15) is 25.0 Å². The number of nitrogens with zero attached hydrogens (tertiary/aromatic N) is 4. The molecule has 2 aliphatic heterocycles. The van der Waals surface area contributed by atoms with Gasteiger partial charge in [-0.1, -0.05) is 36.4 Å². The van der Waals surface area contributed by atoms with Crippen molar-refractivity contribution in [2.45, 2.75) is 24.9 Å². The molecule has 4 nitrogen and oxygen atoms in total. The molecular formula is C24H20N4. The van der Waals surface area contributed by atoms with E-state index in [1.807, 2.05) is 24.3 Å². The van der Waals surface area contributed by atoms with Gasteiger partial charge in [0.1, 0.15) is 12.1 Å². The molecule has 2 aromatic rings. The number of hydrogen-bond donors (Lipinski definition) is 0. The van der Waals surface area contributed by atoms with Crippen molar-refractivity contribution in [2.24, 2.45) is 0 Å². The standard InChI is InChI=1S/C24H20N4/c1-23-21(15-9-5-7-11-19(15)27(23)3)17(13-25)18(14-26)22-16-10-6-8-12-20(16)28(4)24(22,23)2/h5-12H,1-4H3. The van der Waals surface area contributed by atoms with Gasteiger partial charge in [0.25, 0.3) is 0 Å². The highest BCUT2D eigenvalue weighted by Gasteiger charge is 2.65. The third kappa shape index (κ3) is 1.49. The highest BCUT2D eigenvalue weighted by molar-refractivity contribution is 6.09. The zero-order valence-electron chi connectivity index (χ0n) is 16.4. The van der Waals surface area contributed by atoms with Crippen molar-refractivity contribution < 1.29 is 0 Å². The first-order valence-electron chi connectivity index (χ1n) is 9.39. The predicted octanol–water partition coefficient (Wildman–Crippen LogP) is 4.37. The molecule has 2 aromatic carbocycles. The summed E-state index contributed by atoms with van der Waals surface area (Å²) in [7, 11) is 4.19. The van der Waals surface area contributed by atoms with Gasteiger partial charge in [-0.05, 0) is 26.0 Å². The number of benzene rings is 2. The molecule has 2 heterocycles. The van der Waals surface area contributed by atoms with Crippen molar-refractivity contribution in [3.05, 3.63) is 70.8 Å². The number of nitriles is 2. The summed E-state index contributed by atoms with van der Waals surface area (Å²) in [5.74, 6) is 0. The third-order valence-electron chi connectivity index (χ3n) is 7.31. The largest absolute Gasteiger partial charge is 0.362 e. The van der Waals surface area contributed by atoms with Gasteiger partial charge in [0.15, 0.2) is 0 Å². The normalized spacial score (nSPS) is 27.1. The van der Waals surface area contributed by atoms with Crippen LogP contribution in [0, 0.1) is 22.7 Å². The Balaban J connectivity index is 2.00. The number of likely N-dealkylation sites (N-methyl/N-ethyl adjacent to an activating group) is 2. The van der Waals surface area contributed by atoms with Gasteiger partial charge < -0.3 is 9.80 Å². The van der Waals surface area contributed by atoms with E-state index in [-0.39, 0.29) is 0 Å². The summed E-state index contributed by atoms with van der Waals surface area (Å²) in [6, 6.07) is 21.2. The van der Waals surface area contributed by atoms with Crippen LogP contribution >= 0.6 is 0 Å². The first-order chi connectivity index (χ1) is 13.4. The second-order valence-corrected chi connectivity index (χ2v) is 8.02. The first kappa shape index (κ1) is 16.7. The molecule has 1 aliphatic carbocycles. The average molecular weight is 364 g/mol. The van der Waals surface area contributed by atoms with Gasteiger partial charge in [-0.15, -0.1) is 0 Å². The summed E-state index contributed by atoms with van der Waals surface area (Å²) in [5.41, 5.74) is 6.19. The summed E-state index contributed by atoms with van der Waals surface area (Å²) in [5, 5.41) is 20.3. The SMILES string of the molecule is CN1c2ccccc2C2=C(C#N)C(C#N)=C3c4ccccc4N(C)C3(C)C21C. The first-order valence-corrected chi connectivity index (χ1v) is 9.39. The van der Waals surface area contributed by atoms with Crippen molar-refractivity contribution in [1.29, 1.82) is 10.5 Å². The molecule has 3 aliphatic rings. The van der Waals surface area contributed by atoms with Crippen LogP contribution < -0.4 is 9.80 Å². The van der Waals surface area contributed by atoms with E-state index in [0.717, 1.165) is 33.6 Å². The van der Waals surface area contributed by atoms with Crippen LogP contribution in [0.5, 0.6) is 0 Å². The van der Waals surface area contributed by atoms with Crippen molar-refractivity contribution in [3.8, 4) is 12.1 Å². The molecule has 136 valence electrons. The van der Waals surface area contributed by atoms with Gasteiger partial charge in [0, 0.05) is 47.7 Å². The van der Waals surface area contributed by atoms with Gasteiger partial charge in [-0.25, -0.2) is 0 Å². The fourth-order valence-corrected chi connectivity index (χ4v) is 5.67.